The van der Waals surface area contributed by atoms with Gasteiger partial charge in [-0.3, -0.25) is 19.2 Å². The lowest BCUT2D eigenvalue weighted by Gasteiger charge is -2.26. The van der Waals surface area contributed by atoms with Crippen molar-refractivity contribution in [1.29, 1.82) is 0 Å². The number of aromatic nitrogens is 3. The zero-order chi connectivity index (χ0) is 37.3. The number of carbonyl (C=O) groups excluding carboxylic acids is 4. The van der Waals surface area contributed by atoms with E-state index in [1.807, 2.05) is 54.6 Å². The zero-order valence-corrected chi connectivity index (χ0v) is 31.0. The normalized spacial score (nSPS) is 23.7. The van der Waals surface area contributed by atoms with Gasteiger partial charge in [-0.15, -0.1) is 0 Å². The number of hydrogen-bond acceptors (Lipinski definition) is 8. The molecule has 1 aromatic heterocycles. The fourth-order valence-corrected chi connectivity index (χ4v) is 6.94. The molecule has 7 rings (SSSR count). The van der Waals surface area contributed by atoms with Crippen LogP contribution in [0.2, 0.25) is 0 Å². The van der Waals surface area contributed by atoms with Crippen LogP contribution in [-0.4, -0.2) is 76.3 Å². The third kappa shape index (κ3) is 11.1. The number of rotatable bonds is 8. The first-order valence-corrected chi connectivity index (χ1v) is 19.1. The summed E-state index contributed by atoms with van der Waals surface area (Å²) in [6.07, 6.45) is 5.39. The van der Waals surface area contributed by atoms with Crippen LogP contribution < -0.4 is 26.0 Å². The van der Waals surface area contributed by atoms with Gasteiger partial charge in [-0.2, -0.15) is 5.10 Å². The Morgan fingerprint density at radius 1 is 0.925 bits per heavy atom. The fourth-order valence-electron chi connectivity index (χ4n) is 6.94. The molecule has 1 saturated heterocycles. The molecular formula is C40H53N7O6. The molecule has 4 aliphatic rings. The molecule has 53 heavy (non-hydrogen) atoms. The Morgan fingerprint density at radius 2 is 1.66 bits per heavy atom. The van der Waals surface area contributed by atoms with Gasteiger partial charge in [0.25, 0.3) is 0 Å². The third-order valence-corrected chi connectivity index (χ3v) is 10.0. The Morgan fingerprint density at radius 3 is 2.36 bits per heavy atom. The molecule has 4 amide bonds. The molecule has 4 atom stereocenters. The molecule has 3 aromatic rings. The summed E-state index contributed by atoms with van der Waals surface area (Å²) in [5.74, 6) is 0.953. The quantitative estimate of drug-likeness (QED) is 0.275. The molecule has 4 N–H and O–H groups in total. The van der Waals surface area contributed by atoms with Gasteiger partial charge in [-0.05, 0) is 80.5 Å². The first-order chi connectivity index (χ1) is 25.6. The van der Waals surface area contributed by atoms with Crippen LogP contribution >= 0.6 is 0 Å². The van der Waals surface area contributed by atoms with Crippen LogP contribution in [0.15, 0.2) is 54.6 Å². The summed E-state index contributed by atoms with van der Waals surface area (Å²) in [5, 5.41) is 16.9. The van der Waals surface area contributed by atoms with E-state index in [0.717, 1.165) is 24.0 Å². The van der Waals surface area contributed by atoms with Crippen molar-refractivity contribution in [2.45, 2.75) is 103 Å². The van der Waals surface area contributed by atoms with Crippen LogP contribution in [0.25, 0.3) is 0 Å². The number of ether oxygens (including phenoxy) is 2. The second-order valence-electron chi connectivity index (χ2n) is 15.2. The highest BCUT2D eigenvalue weighted by atomic mass is 16.5. The van der Waals surface area contributed by atoms with Gasteiger partial charge >= 0.3 is 0 Å². The second-order valence-corrected chi connectivity index (χ2v) is 15.2. The van der Waals surface area contributed by atoms with E-state index in [0.29, 0.717) is 74.6 Å². The van der Waals surface area contributed by atoms with Gasteiger partial charge in [0.05, 0.1) is 12.1 Å². The summed E-state index contributed by atoms with van der Waals surface area (Å²) in [6, 6.07) is 14.3. The highest BCUT2D eigenvalue weighted by molar-refractivity contribution is 5.92. The van der Waals surface area contributed by atoms with Gasteiger partial charge in [0.2, 0.25) is 23.6 Å². The number of hydrogen-bond donors (Lipinski definition) is 4. The van der Waals surface area contributed by atoms with Crippen molar-refractivity contribution in [2.75, 3.05) is 19.8 Å². The molecule has 3 aliphatic heterocycles. The number of amides is 4. The van der Waals surface area contributed by atoms with E-state index in [1.165, 1.54) is 0 Å². The SMILES string of the molecule is CC(C)C[C@H]1COc2ccc(cc2)C[C@H](NC(=O)C2CCOCC2)C(=O)N[C@H](C)C(=O)N[C@H](Cc2ccccc2)c2nc(CC3CC3)nn2CC(=O)N1. The largest absolute Gasteiger partial charge is 0.491 e. The highest BCUT2D eigenvalue weighted by Crippen LogP contribution is 2.32. The Labute approximate surface area is 311 Å². The number of carbonyl (C=O) groups is 4. The molecule has 13 heteroatoms. The van der Waals surface area contributed by atoms with Crippen LogP contribution in [-0.2, 0) is 49.7 Å². The Kier molecular flexibility index (Phi) is 12.8. The molecule has 0 radical (unpaired) electrons. The Hall–Kier alpha value is -4.78. The van der Waals surface area contributed by atoms with Crippen LogP contribution in [0.3, 0.4) is 0 Å². The first kappa shape index (κ1) is 38.0. The van der Waals surface area contributed by atoms with Gasteiger partial charge < -0.3 is 30.7 Å². The van der Waals surface area contributed by atoms with Crippen molar-refractivity contribution < 1.29 is 28.7 Å². The maximum absolute atomic E-state index is 13.9. The van der Waals surface area contributed by atoms with Crippen molar-refractivity contribution in [3.8, 4) is 5.75 Å². The number of benzene rings is 2. The van der Waals surface area contributed by atoms with Crippen molar-refractivity contribution in [3.05, 3.63) is 77.4 Å². The molecule has 1 aliphatic carbocycles. The van der Waals surface area contributed by atoms with Crippen LogP contribution in [0.1, 0.15) is 81.7 Å². The zero-order valence-electron chi connectivity index (χ0n) is 31.0. The summed E-state index contributed by atoms with van der Waals surface area (Å²) >= 11 is 0. The molecule has 4 heterocycles. The lowest BCUT2D eigenvalue weighted by Crippen LogP contribution is -2.55. The average Bonchev–Trinajstić information content (AvgIpc) is 3.88. The second kappa shape index (κ2) is 17.8. The van der Waals surface area contributed by atoms with E-state index >= 15 is 0 Å². The summed E-state index contributed by atoms with van der Waals surface area (Å²) in [7, 11) is 0. The topological polar surface area (TPSA) is 166 Å². The molecule has 2 bridgehead atoms. The van der Waals surface area contributed by atoms with Crippen LogP contribution in [0.5, 0.6) is 5.75 Å². The Bertz CT molecular complexity index is 1700. The molecule has 1 saturated carbocycles. The first-order valence-electron chi connectivity index (χ1n) is 19.1. The van der Waals surface area contributed by atoms with Gasteiger partial charge in [-0.25, -0.2) is 9.67 Å². The lowest BCUT2D eigenvalue weighted by molar-refractivity contribution is -0.134. The van der Waals surface area contributed by atoms with Gasteiger partial charge in [0, 0.05) is 32.0 Å². The highest BCUT2D eigenvalue weighted by Gasteiger charge is 2.32. The van der Waals surface area contributed by atoms with Gasteiger partial charge in [-0.1, -0.05) is 56.3 Å². The van der Waals surface area contributed by atoms with E-state index in [4.69, 9.17) is 19.6 Å². The maximum atomic E-state index is 13.9. The lowest BCUT2D eigenvalue weighted by atomic mass is 9.97. The standard InChI is InChI=1S/C40H53N7O6/c1-25(2)19-31-24-53-32-13-11-28(12-14-32)21-34(44-39(50)30-15-17-52-18-16-30)40(51)41-26(3)38(49)43-33(20-27-7-5-4-6-8-27)37-45-35(22-29-9-10-29)46-47(37)23-36(48)42-31/h4-8,11-14,25-26,29-31,33-34H,9-10,15-24H2,1-3H3,(H,41,51)(H,42,48)(H,43,49)(H,44,50)/t26-,31+,33-,34+/m1/s1. The van der Waals surface area contributed by atoms with E-state index in [1.54, 1.807) is 11.6 Å². The fraction of sp³-hybridized carbons (Fsp3) is 0.550. The minimum absolute atomic E-state index is 0.0851. The minimum atomic E-state index is -0.952. The number of fused-ring (bicyclic) bond motifs is 14. The van der Waals surface area contributed by atoms with Crippen molar-refractivity contribution in [3.63, 3.8) is 0 Å². The predicted molar refractivity (Wildman–Crippen MR) is 198 cm³/mol. The van der Waals surface area contributed by atoms with E-state index in [-0.39, 0.29) is 43.3 Å². The molecule has 2 aromatic carbocycles. The van der Waals surface area contributed by atoms with Crippen LogP contribution in [0.4, 0.5) is 0 Å². The molecule has 284 valence electrons. The average molecular weight is 728 g/mol. The Balaban J connectivity index is 1.32. The minimum Gasteiger partial charge on any atom is -0.491 e. The predicted octanol–water partition coefficient (Wildman–Crippen LogP) is 3.21. The van der Waals surface area contributed by atoms with Gasteiger partial charge in [0.1, 0.15) is 31.0 Å². The summed E-state index contributed by atoms with van der Waals surface area (Å²) < 4.78 is 13.2. The molecular weight excluding hydrogens is 674 g/mol. The monoisotopic (exact) mass is 727 g/mol. The molecule has 2 fully saturated rings. The van der Waals surface area contributed by atoms with Crippen molar-refractivity contribution in [2.24, 2.45) is 17.8 Å². The van der Waals surface area contributed by atoms with Crippen molar-refractivity contribution in [1.82, 2.24) is 36.0 Å². The number of nitrogens with zero attached hydrogens (tertiary/aromatic N) is 3. The summed E-state index contributed by atoms with van der Waals surface area (Å²) in [5.41, 5.74) is 1.77. The molecule has 0 spiro atoms. The van der Waals surface area contributed by atoms with E-state index in [2.05, 4.69) is 35.1 Å². The molecule has 0 unspecified atom stereocenters. The van der Waals surface area contributed by atoms with E-state index in [9.17, 15) is 19.2 Å². The third-order valence-electron chi connectivity index (χ3n) is 10.0. The molecule has 13 nitrogen and oxygen atoms in total. The summed E-state index contributed by atoms with van der Waals surface area (Å²) in [4.78, 5) is 59.8. The maximum Gasteiger partial charge on any atom is 0.243 e. The van der Waals surface area contributed by atoms with Crippen LogP contribution in [0, 0.1) is 17.8 Å². The van der Waals surface area contributed by atoms with E-state index < -0.39 is 29.9 Å². The van der Waals surface area contributed by atoms with Crippen molar-refractivity contribution >= 4 is 23.6 Å². The van der Waals surface area contributed by atoms with Gasteiger partial charge in [0.15, 0.2) is 11.6 Å². The summed E-state index contributed by atoms with van der Waals surface area (Å²) in [6.45, 7) is 6.99. The number of nitrogens with one attached hydrogen (secondary N) is 4. The smallest absolute Gasteiger partial charge is 0.243 e.